The van der Waals surface area contributed by atoms with Gasteiger partial charge in [-0.05, 0) is 67.6 Å². The number of anilines is 2. The summed E-state index contributed by atoms with van der Waals surface area (Å²) in [5, 5.41) is 3.15. The molecule has 1 amide bonds. The molecule has 0 saturated carbocycles. The first-order chi connectivity index (χ1) is 15.9. The summed E-state index contributed by atoms with van der Waals surface area (Å²) in [6.45, 7) is 1.36. The second-order valence-corrected chi connectivity index (χ2v) is 9.51. The summed E-state index contributed by atoms with van der Waals surface area (Å²) in [6, 6.07) is 11.7. The normalized spacial score (nSPS) is 12.0. The second kappa shape index (κ2) is 10.4. The van der Waals surface area contributed by atoms with Crippen molar-refractivity contribution in [1.29, 1.82) is 0 Å². The van der Waals surface area contributed by atoms with Crippen LogP contribution in [0.15, 0.2) is 65.6 Å². The first-order valence-corrected chi connectivity index (χ1v) is 11.7. The summed E-state index contributed by atoms with van der Waals surface area (Å²) in [6.07, 6.45) is -1.17. The highest BCUT2D eigenvalue weighted by Crippen LogP contribution is 2.23. The number of hydrogen-bond acceptors (Lipinski definition) is 5. The lowest BCUT2D eigenvalue weighted by Gasteiger charge is -2.14. The van der Waals surface area contributed by atoms with E-state index in [1.165, 1.54) is 49.4 Å². The molecule has 0 fully saturated rings. The molecule has 0 bridgehead atoms. The van der Waals surface area contributed by atoms with Gasteiger partial charge in [-0.3, -0.25) is 9.52 Å². The number of nitrogens with one attached hydrogen (secondary N) is 2. The standard InChI is InChI=1S/C22H16Cl2F2N2O5S/c1-12(21(29)27-17-9-14(23)8-15(24)10-17)33-22(30)13-2-4-16(5-3-13)28-34(31,32)18-6-7-19(25)20(26)11-18/h2-12,28H,1H3,(H,27,29)/t12-/m1/s1. The van der Waals surface area contributed by atoms with Gasteiger partial charge in [-0.1, -0.05) is 23.2 Å². The fraction of sp³-hybridized carbons (Fsp3) is 0.0909. The van der Waals surface area contributed by atoms with Gasteiger partial charge in [-0.15, -0.1) is 0 Å². The summed E-state index contributed by atoms with van der Waals surface area (Å²) in [5.74, 6) is -3.94. The van der Waals surface area contributed by atoms with Gasteiger partial charge in [-0.2, -0.15) is 0 Å². The molecule has 2 N–H and O–H groups in total. The number of benzene rings is 3. The Bertz CT molecular complexity index is 1330. The van der Waals surface area contributed by atoms with Crippen LogP contribution in [0.1, 0.15) is 17.3 Å². The number of esters is 1. The highest BCUT2D eigenvalue weighted by atomic mass is 35.5. The molecule has 0 radical (unpaired) electrons. The molecule has 3 rings (SSSR count). The Kier molecular flexibility index (Phi) is 7.75. The molecule has 3 aromatic carbocycles. The zero-order chi connectivity index (χ0) is 25.0. The van der Waals surface area contributed by atoms with Crippen molar-refractivity contribution in [2.24, 2.45) is 0 Å². The largest absolute Gasteiger partial charge is 0.449 e. The van der Waals surface area contributed by atoms with Crippen molar-refractivity contribution in [2.75, 3.05) is 10.0 Å². The number of amides is 1. The Labute approximate surface area is 203 Å². The van der Waals surface area contributed by atoms with Crippen LogP contribution in [0, 0.1) is 11.6 Å². The maximum absolute atomic E-state index is 13.3. The van der Waals surface area contributed by atoms with Gasteiger partial charge in [0.05, 0.1) is 10.5 Å². The van der Waals surface area contributed by atoms with E-state index in [1.807, 2.05) is 0 Å². The maximum Gasteiger partial charge on any atom is 0.338 e. The molecule has 7 nitrogen and oxygen atoms in total. The zero-order valence-electron chi connectivity index (χ0n) is 17.3. The molecule has 0 aliphatic heterocycles. The lowest BCUT2D eigenvalue weighted by Crippen LogP contribution is -2.30. The maximum atomic E-state index is 13.3. The van der Waals surface area contributed by atoms with Crippen molar-refractivity contribution in [3.05, 3.63) is 87.9 Å². The van der Waals surface area contributed by atoms with Gasteiger partial charge in [0.15, 0.2) is 17.7 Å². The SMILES string of the molecule is C[C@@H](OC(=O)c1ccc(NS(=O)(=O)c2ccc(F)c(F)c2)cc1)C(=O)Nc1cc(Cl)cc(Cl)c1. The average molecular weight is 529 g/mol. The van der Waals surface area contributed by atoms with Gasteiger partial charge in [-0.25, -0.2) is 22.0 Å². The number of halogens is 4. The van der Waals surface area contributed by atoms with E-state index in [0.717, 1.165) is 6.07 Å². The van der Waals surface area contributed by atoms with Gasteiger partial charge >= 0.3 is 5.97 Å². The zero-order valence-corrected chi connectivity index (χ0v) is 19.6. The molecule has 0 aliphatic rings. The number of carbonyl (C=O) groups is 2. The smallest absolute Gasteiger partial charge is 0.338 e. The Morgan fingerprint density at radius 2 is 1.50 bits per heavy atom. The van der Waals surface area contributed by atoms with Gasteiger partial charge in [0.2, 0.25) is 0 Å². The van der Waals surface area contributed by atoms with Crippen LogP contribution < -0.4 is 10.0 Å². The predicted octanol–water partition coefficient (Wildman–Crippen LogP) is 5.26. The van der Waals surface area contributed by atoms with Crippen molar-refractivity contribution in [1.82, 2.24) is 0 Å². The van der Waals surface area contributed by atoms with Gasteiger partial charge in [0.25, 0.3) is 15.9 Å². The van der Waals surface area contributed by atoms with E-state index in [4.69, 9.17) is 27.9 Å². The quantitative estimate of drug-likeness (QED) is 0.407. The lowest BCUT2D eigenvalue weighted by atomic mass is 10.2. The summed E-state index contributed by atoms with van der Waals surface area (Å²) in [5.41, 5.74) is 0.425. The van der Waals surface area contributed by atoms with E-state index in [-0.39, 0.29) is 11.3 Å². The third kappa shape index (κ3) is 6.43. The van der Waals surface area contributed by atoms with Crippen LogP contribution in [0.4, 0.5) is 20.2 Å². The molecule has 34 heavy (non-hydrogen) atoms. The number of hydrogen-bond donors (Lipinski definition) is 2. The minimum absolute atomic E-state index is 0.0428. The fourth-order valence-corrected chi connectivity index (χ4v) is 4.28. The van der Waals surface area contributed by atoms with Gasteiger partial charge < -0.3 is 10.1 Å². The number of carbonyl (C=O) groups excluding carboxylic acids is 2. The van der Waals surface area contributed by atoms with Crippen LogP contribution in [0.3, 0.4) is 0 Å². The molecule has 3 aromatic rings. The molecule has 0 heterocycles. The molecule has 0 saturated heterocycles. The highest BCUT2D eigenvalue weighted by molar-refractivity contribution is 7.92. The minimum atomic E-state index is -4.20. The van der Waals surface area contributed by atoms with Crippen LogP contribution in [-0.2, 0) is 19.6 Å². The summed E-state index contributed by atoms with van der Waals surface area (Å²) < 4.78 is 58.4. The third-order valence-corrected chi connectivity index (χ3v) is 6.17. The van der Waals surface area contributed by atoms with Gasteiger partial charge in [0, 0.05) is 21.4 Å². The predicted molar refractivity (Wildman–Crippen MR) is 124 cm³/mol. The first kappa shape index (κ1) is 25.4. The summed E-state index contributed by atoms with van der Waals surface area (Å²) >= 11 is 11.8. The number of ether oxygens (including phenoxy) is 1. The van der Waals surface area contributed by atoms with E-state index in [0.29, 0.717) is 27.9 Å². The molecule has 1 atom stereocenters. The number of sulfonamides is 1. The molecule has 0 aromatic heterocycles. The summed E-state index contributed by atoms with van der Waals surface area (Å²) in [4.78, 5) is 24.2. The van der Waals surface area contributed by atoms with Gasteiger partial charge in [0.1, 0.15) is 0 Å². The van der Waals surface area contributed by atoms with E-state index < -0.39 is 44.5 Å². The molecule has 0 spiro atoms. The summed E-state index contributed by atoms with van der Waals surface area (Å²) in [7, 11) is -4.20. The van der Waals surface area contributed by atoms with E-state index >= 15 is 0 Å². The fourth-order valence-electron chi connectivity index (χ4n) is 2.68. The van der Waals surface area contributed by atoms with Crippen molar-refractivity contribution < 1.29 is 31.5 Å². The van der Waals surface area contributed by atoms with Crippen LogP contribution in [0.2, 0.25) is 10.0 Å². The lowest BCUT2D eigenvalue weighted by molar-refractivity contribution is -0.123. The van der Waals surface area contributed by atoms with Crippen molar-refractivity contribution in [3.8, 4) is 0 Å². The second-order valence-electron chi connectivity index (χ2n) is 6.95. The molecule has 0 aliphatic carbocycles. The molecule has 178 valence electrons. The minimum Gasteiger partial charge on any atom is -0.449 e. The molecular formula is C22H16Cl2F2N2O5S. The van der Waals surface area contributed by atoms with Crippen LogP contribution in [0.5, 0.6) is 0 Å². The number of rotatable bonds is 7. The Morgan fingerprint density at radius 3 is 2.09 bits per heavy atom. The van der Waals surface area contributed by atoms with Crippen molar-refractivity contribution in [3.63, 3.8) is 0 Å². The van der Waals surface area contributed by atoms with E-state index in [9.17, 15) is 26.8 Å². The third-order valence-electron chi connectivity index (χ3n) is 4.36. The van der Waals surface area contributed by atoms with Crippen LogP contribution in [-0.4, -0.2) is 26.4 Å². The van der Waals surface area contributed by atoms with Crippen LogP contribution >= 0.6 is 23.2 Å². The van der Waals surface area contributed by atoms with Crippen molar-refractivity contribution >= 4 is 56.5 Å². The Balaban J connectivity index is 1.62. The van der Waals surface area contributed by atoms with E-state index in [2.05, 4.69) is 10.0 Å². The average Bonchev–Trinajstić information content (AvgIpc) is 2.75. The monoisotopic (exact) mass is 528 g/mol. The molecular weight excluding hydrogens is 513 g/mol. The Hall–Kier alpha value is -3.21. The molecule has 0 unspecified atom stereocenters. The van der Waals surface area contributed by atoms with E-state index in [1.54, 1.807) is 0 Å². The molecule has 12 heteroatoms. The topological polar surface area (TPSA) is 102 Å². The van der Waals surface area contributed by atoms with Crippen molar-refractivity contribution in [2.45, 2.75) is 17.9 Å². The first-order valence-electron chi connectivity index (χ1n) is 9.50. The highest BCUT2D eigenvalue weighted by Gasteiger charge is 2.20. The van der Waals surface area contributed by atoms with Crippen LogP contribution in [0.25, 0.3) is 0 Å². The Morgan fingerprint density at radius 1 is 0.882 bits per heavy atom.